The van der Waals surface area contributed by atoms with Crippen molar-refractivity contribution < 1.29 is 14.6 Å². The summed E-state index contributed by atoms with van der Waals surface area (Å²) in [6.07, 6.45) is 0.630. The smallest absolute Gasteiger partial charge is 0.195 e. The molecule has 0 saturated carbocycles. The number of nitrogens with zero attached hydrogens (tertiary/aromatic N) is 1. The molecule has 1 aliphatic rings. The quantitative estimate of drug-likeness (QED) is 0.753. The van der Waals surface area contributed by atoms with E-state index in [0.29, 0.717) is 37.3 Å². The van der Waals surface area contributed by atoms with E-state index in [4.69, 9.17) is 10.5 Å². The lowest BCUT2D eigenvalue weighted by molar-refractivity contribution is -0.123. The third-order valence-electron chi connectivity index (χ3n) is 4.47. The first kappa shape index (κ1) is 19.2. The highest BCUT2D eigenvalue weighted by Gasteiger charge is 2.30. The molecule has 0 bridgehead atoms. The minimum atomic E-state index is -0.857. The molecule has 1 heterocycles. The second-order valence-electron chi connectivity index (χ2n) is 6.47. The van der Waals surface area contributed by atoms with Crippen LogP contribution in [-0.4, -0.2) is 35.9 Å². The maximum absolute atomic E-state index is 12.9. The van der Waals surface area contributed by atoms with Gasteiger partial charge in [-0.3, -0.25) is 9.79 Å². The predicted molar refractivity (Wildman–Crippen MR) is 105 cm³/mol. The summed E-state index contributed by atoms with van der Waals surface area (Å²) < 4.78 is 5.75. The van der Waals surface area contributed by atoms with Crippen LogP contribution in [0.25, 0.3) is 0 Å². The van der Waals surface area contributed by atoms with Crippen molar-refractivity contribution in [3.63, 3.8) is 0 Å². The van der Waals surface area contributed by atoms with Crippen LogP contribution in [0.3, 0.4) is 0 Å². The lowest BCUT2D eigenvalue weighted by Crippen LogP contribution is -2.34. The molecule has 140 valence electrons. The minimum absolute atomic E-state index is 0.173. The van der Waals surface area contributed by atoms with E-state index in [1.165, 1.54) is 6.21 Å². The molecule has 27 heavy (non-hydrogen) atoms. The summed E-state index contributed by atoms with van der Waals surface area (Å²) in [5.74, 6) is -0.173. The van der Waals surface area contributed by atoms with E-state index in [1.54, 1.807) is 0 Å². The number of carbonyl (C=O) groups excluding carboxylic acids is 1. The Kier molecular flexibility index (Phi) is 6.65. The first-order valence-electron chi connectivity index (χ1n) is 9.08. The Bertz CT molecular complexity index is 816. The van der Waals surface area contributed by atoms with E-state index in [2.05, 4.69) is 4.99 Å². The molecule has 0 fully saturated rings. The molecule has 0 radical (unpaired) electrons. The topological polar surface area (TPSA) is 84.9 Å². The van der Waals surface area contributed by atoms with Crippen LogP contribution in [0.1, 0.15) is 17.5 Å². The Labute approximate surface area is 159 Å². The standard InChI is InChI=1S/C22H24N2O3/c23-12-11-18-21(19(25)13-16-7-3-1-4-8-16)24-14-20(22(18)26)27-15-17-9-5-2-6-10-17/h1-10,14,19-20,25H,11-13,15,23H2. The molecule has 0 amide bonds. The number of aliphatic hydroxyl groups is 1. The predicted octanol–water partition coefficient (Wildman–Crippen LogP) is 2.43. The summed E-state index contributed by atoms with van der Waals surface area (Å²) in [6, 6.07) is 19.3. The molecule has 0 aliphatic carbocycles. The summed E-state index contributed by atoms with van der Waals surface area (Å²) in [5.41, 5.74) is 8.51. The van der Waals surface area contributed by atoms with Gasteiger partial charge in [-0.15, -0.1) is 0 Å². The maximum atomic E-state index is 12.9. The summed E-state index contributed by atoms with van der Waals surface area (Å²) in [5, 5.41) is 10.6. The Hall–Kier alpha value is -2.60. The van der Waals surface area contributed by atoms with Crippen molar-refractivity contribution in [3.05, 3.63) is 83.1 Å². The van der Waals surface area contributed by atoms with Gasteiger partial charge in [0.25, 0.3) is 0 Å². The molecular weight excluding hydrogens is 340 g/mol. The van der Waals surface area contributed by atoms with Gasteiger partial charge in [-0.05, 0) is 24.1 Å². The lowest BCUT2D eigenvalue weighted by atomic mass is 9.94. The number of aliphatic hydroxyl groups excluding tert-OH is 1. The average molecular weight is 364 g/mol. The van der Waals surface area contributed by atoms with Crippen LogP contribution in [0.4, 0.5) is 0 Å². The number of carbonyl (C=O) groups is 1. The second-order valence-corrected chi connectivity index (χ2v) is 6.47. The molecule has 0 aromatic heterocycles. The van der Waals surface area contributed by atoms with E-state index >= 15 is 0 Å². The summed E-state index contributed by atoms with van der Waals surface area (Å²) in [7, 11) is 0. The highest BCUT2D eigenvalue weighted by atomic mass is 16.5. The Morgan fingerprint density at radius 3 is 2.30 bits per heavy atom. The van der Waals surface area contributed by atoms with E-state index < -0.39 is 12.2 Å². The molecule has 0 saturated heterocycles. The molecule has 2 atom stereocenters. The molecule has 0 spiro atoms. The summed E-state index contributed by atoms with van der Waals surface area (Å²) in [4.78, 5) is 17.2. The van der Waals surface area contributed by atoms with Crippen molar-refractivity contribution in [1.82, 2.24) is 0 Å². The Morgan fingerprint density at radius 1 is 1.04 bits per heavy atom. The number of aliphatic imine (C=N–C) groups is 1. The van der Waals surface area contributed by atoms with Crippen molar-refractivity contribution >= 4 is 12.0 Å². The molecule has 1 aliphatic heterocycles. The zero-order chi connectivity index (χ0) is 19.1. The first-order chi connectivity index (χ1) is 13.2. The molecule has 3 N–H and O–H groups in total. The van der Waals surface area contributed by atoms with Gasteiger partial charge in [0.15, 0.2) is 11.9 Å². The monoisotopic (exact) mass is 364 g/mol. The fraction of sp³-hybridized carbons (Fsp3) is 0.273. The van der Waals surface area contributed by atoms with Crippen molar-refractivity contribution in [3.8, 4) is 0 Å². The van der Waals surface area contributed by atoms with Gasteiger partial charge in [-0.2, -0.15) is 0 Å². The normalized spacial score (nSPS) is 18.0. The molecule has 2 aromatic carbocycles. The Morgan fingerprint density at radius 2 is 1.67 bits per heavy atom. The number of ether oxygens (including phenoxy) is 1. The van der Waals surface area contributed by atoms with Crippen LogP contribution in [0.15, 0.2) is 76.9 Å². The van der Waals surface area contributed by atoms with E-state index in [-0.39, 0.29) is 5.78 Å². The zero-order valence-electron chi connectivity index (χ0n) is 15.1. The number of hydrogen-bond acceptors (Lipinski definition) is 5. The summed E-state index contributed by atoms with van der Waals surface area (Å²) >= 11 is 0. The largest absolute Gasteiger partial charge is 0.386 e. The van der Waals surface area contributed by atoms with Gasteiger partial charge in [-0.1, -0.05) is 60.7 Å². The minimum Gasteiger partial charge on any atom is -0.386 e. The van der Waals surface area contributed by atoms with Gasteiger partial charge < -0.3 is 15.6 Å². The Balaban J connectivity index is 1.72. The maximum Gasteiger partial charge on any atom is 0.195 e. The van der Waals surface area contributed by atoms with Crippen LogP contribution >= 0.6 is 0 Å². The zero-order valence-corrected chi connectivity index (χ0v) is 15.1. The van der Waals surface area contributed by atoms with Crippen molar-refractivity contribution in [2.75, 3.05) is 6.54 Å². The molecular formula is C22H24N2O3. The number of benzene rings is 2. The van der Waals surface area contributed by atoms with E-state index in [1.807, 2.05) is 60.7 Å². The average Bonchev–Trinajstić information content (AvgIpc) is 2.70. The second kappa shape index (κ2) is 9.37. The van der Waals surface area contributed by atoms with Gasteiger partial charge in [0, 0.05) is 18.2 Å². The van der Waals surface area contributed by atoms with Gasteiger partial charge in [-0.25, -0.2) is 0 Å². The van der Waals surface area contributed by atoms with Crippen LogP contribution in [0.2, 0.25) is 0 Å². The molecule has 5 heteroatoms. The molecule has 5 nitrogen and oxygen atoms in total. The SMILES string of the molecule is NCCC1=C(C(O)Cc2ccccc2)N=CC(OCc2ccccc2)C1=O. The number of rotatable bonds is 8. The van der Waals surface area contributed by atoms with E-state index in [0.717, 1.165) is 11.1 Å². The highest BCUT2D eigenvalue weighted by Crippen LogP contribution is 2.24. The summed E-state index contributed by atoms with van der Waals surface area (Å²) in [6.45, 7) is 0.630. The van der Waals surface area contributed by atoms with Crippen LogP contribution < -0.4 is 5.73 Å². The number of hydrogen-bond donors (Lipinski definition) is 2. The molecule has 2 aromatic rings. The van der Waals surface area contributed by atoms with Crippen molar-refractivity contribution in [2.45, 2.75) is 31.7 Å². The van der Waals surface area contributed by atoms with Gasteiger partial charge in [0.1, 0.15) is 6.10 Å². The molecule has 2 unspecified atom stereocenters. The third kappa shape index (κ3) is 4.98. The fourth-order valence-corrected chi connectivity index (χ4v) is 3.09. The van der Waals surface area contributed by atoms with Crippen LogP contribution in [0, 0.1) is 0 Å². The number of ketones is 1. The van der Waals surface area contributed by atoms with E-state index in [9.17, 15) is 9.90 Å². The lowest BCUT2D eigenvalue weighted by Gasteiger charge is -2.23. The molecule has 3 rings (SSSR count). The number of nitrogens with two attached hydrogens (primary N) is 1. The fourth-order valence-electron chi connectivity index (χ4n) is 3.09. The van der Waals surface area contributed by atoms with Gasteiger partial charge in [0.05, 0.1) is 12.3 Å². The number of Topliss-reactive ketones (excluding diaryl/α,β-unsaturated/α-hetero) is 1. The van der Waals surface area contributed by atoms with Gasteiger partial charge in [0.2, 0.25) is 0 Å². The van der Waals surface area contributed by atoms with Crippen LogP contribution in [0.5, 0.6) is 0 Å². The van der Waals surface area contributed by atoms with Crippen LogP contribution in [-0.2, 0) is 22.6 Å². The highest BCUT2D eigenvalue weighted by molar-refractivity contribution is 6.10. The first-order valence-corrected chi connectivity index (χ1v) is 9.08. The van der Waals surface area contributed by atoms with Crippen molar-refractivity contribution in [2.24, 2.45) is 10.7 Å². The van der Waals surface area contributed by atoms with Gasteiger partial charge >= 0.3 is 0 Å². The third-order valence-corrected chi connectivity index (χ3v) is 4.47. The van der Waals surface area contributed by atoms with Crippen molar-refractivity contribution in [1.29, 1.82) is 0 Å².